The fourth-order valence-electron chi connectivity index (χ4n) is 3.52. The highest BCUT2D eigenvalue weighted by Crippen LogP contribution is 2.30. The Labute approximate surface area is 184 Å². The Kier molecular flexibility index (Phi) is 5.63. The molecule has 3 N–H and O–H groups in total. The lowest BCUT2D eigenvalue weighted by atomic mass is 10.1. The summed E-state index contributed by atoms with van der Waals surface area (Å²) in [5.74, 6) is 0.749. The van der Waals surface area contributed by atoms with Crippen LogP contribution in [0.25, 0.3) is 11.6 Å². The van der Waals surface area contributed by atoms with E-state index in [1.54, 1.807) is 4.90 Å². The molecule has 2 aromatic heterocycles. The number of amides is 1. The van der Waals surface area contributed by atoms with Gasteiger partial charge >= 0.3 is 11.8 Å². The summed E-state index contributed by atoms with van der Waals surface area (Å²) < 4.78 is 11.1. The third-order valence-electron chi connectivity index (χ3n) is 5.49. The van der Waals surface area contributed by atoms with E-state index in [4.69, 9.17) is 15.0 Å². The van der Waals surface area contributed by atoms with Crippen molar-refractivity contribution in [2.24, 2.45) is 5.92 Å². The predicted octanol–water partition coefficient (Wildman–Crippen LogP) is 2.28. The van der Waals surface area contributed by atoms with Crippen LogP contribution in [0.2, 0.25) is 0 Å². The van der Waals surface area contributed by atoms with E-state index >= 15 is 0 Å². The first-order valence-electron chi connectivity index (χ1n) is 10.7. The maximum absolute atomic E-state index is 12.8. The molecule has 0 bridgehead atoms. The number of carbonyl (C=O) groups is 1. The smallest absolute Gasteiger partial charge is 0.316 e. The molecular formula is C21H24N8O3. The minimum Gasteiger partial charge on any atom is -0.378 e. The molecule has 1 saturated heterocycles. The Morgan fingerprint density at radius 3 is 2.59 bits per heavy atom. The topological polar surface area (TPSA) is 145 Å². The third-order valence-corrected chi connectivity index (χ3v) is 5.49. The number of carbonyl (C=O) groups excluding carboxylic acids is 1. The number of nitrogens with two attached hydrogens (primary N) is 1. The molecule has 0 radical (unpaired) electrons. The van der Waals surface area contributed by atoms with Crippen LogP contribution in [0.3, 0.4) is 0 Å². The van der Waals surface area contributed by atoms with E-state index in [0.717, 1.165) is 31.1 Å². The molecule has 0 atom stereocenters. The molecule has 1 aliphatic carbocycles. The molecule has 32 heavy (non-hydrogen) atoms. The molecule has 1 amide bonds. The average Bonchev–Trinajstić information content (AvgIpc) is 3.51. The average molecular weight is 436 g/mol. The Balaban J connectivity index is 1.24. The normalized spacial score (nSPS) is 16.8. The van der Waals surface area contributed by atoms with Gasteiger partial charge < -0.3 is 25.2 Å². The van der Waals surface area contributed by atoms with Gasteiger partial charge in [0.2, 0.25) is 23.5 Å². The van der Waals surface area contributed by atoms with Crippen molar-refractivity contribution in [2.75, 3.05) is 30.7 Å². The lowest BCUT2D eigenvalue weighted by molar-refractivity contribution is 0.00301. The number of nitrogens with one attached hydrogen (secondary N) is 1. The molecule has 2 aliphatic rings. The lowest BCUT2D eigenvalue weighted by Crippen LogP contribution is -2.41. The molecule has 166 valence electrons. The molecule has 3 aromatic rings. The van der Waals surface area contributed by atoms with Crippen LogP contribution in [0.1, 0.15) is 36.4 Å². The van der Waals surface area contributed by atoms with E-state index in [0.29, 0.717) is 13.1 Å². The molecule has 3 heterocycles. The third kappa shape index (κ3) is 4.83. The summed E-state index contributed by atoms with van der Waals surface area (Å²) in [7, 11) is 0. The van der Waals surface area contributed by atoms with Crippen LogP contribution in [-0.2, 0) is 4.74 Å². The number of piperidine rings is 1. The zero-order valence-electron chi connectivity index (χ0n) is 17.5. The quantitative estimate of drug-likeness (QED) is 0.565. The first kappa shape index (κ1) is 20.3. The van der Waals surface area contributed by atoms with Gasteiger partial charge in [0.25, 0.3) is 0 Å². The van der Waals surface area contributed by atoms with Gasteiger partial charge in [-0.25, -0.2) is 0 Å². The zero-order valence-corrected chi connectivity index (χ0v) is 17.5. The van der Waals surface area contributed by atoms with Gasteiger partial charge in [-0.05, 0) is 43.7 Å². The van der Waals surface area contributed by atoms with Crippen LogP contribution in [0.15, 0.2) is 34.9 Å². The molecule has 0 spiro atoms. The van der Waals surface area contributed by atoms with Crippen LogP contribution in [0, 0.1) is 5.92 Å². The summed E-state index contributed by atoms with van der Waals surface area (Å²) >= 11 is 0. The van der Waals surface area contributed by atoms with Crippen LogP contribution in [-0.4, -0.2) is 61.7 Å². The summed E-state index contributed by atoms with van der Waals surface area (Å²) in [5.41, 5.74) is 6.61. The van der Waals surface area contributed by atoms with E-state index in [2.05, 4.69) is 30.4 Å². The Morgan fingerprint density at radius 2 is 1.84 bits per heavy atom. The van der Waals surface area contributed by atoms with Gasteiger partial charge in [0, 0.05) is 25.4 Å². The van der Waals surface area contributed by atoms with E-state index in [1.807, 2.05) is 30.3 Å². The highest BCUT2D eigenvalue weighted by molar-refractivity contribution is 5.90. The highest BCUT2D eigenvalue weighted by Gasteiger charge is 2.29. The second kappa shape index (κ2) is 8.87. The molecule has 11 nitrogen and oxygen atoms in total. The lowest BCUT2D eigenvalue weighted by Gasteiger charge is -2.31. The first-order valence-corrected chi connectivity index (χ1v) is 10.7. The Bertz CT molecular complexity index is 1080. The summed E-state index contributed by atoms with van der Waals surface area (Å²) in [5, 5.41) is 6.91. The first-order chi connectivity index (χ1) is 15.6. The number of para-hydroxylation sites is 1. The molecule has 0 unspecified atom stereocenters. The summed E-state index contributed by atoms with van der Waals surface area (Å²) in [6, 6.07) is 9.40. The van der Waals surface area contributed by atoms with Gasteiger partial charge in [0.05, 0.1) is 6.10 Å². The van der Waals surface area contributed by atoms with Crippen molar-refractivity contribution >= 4 is 23.5 Å². The van der Waals surface area contributed by atoms with Crippen molar-refractivity contribution < 1.29 is 14.1 Å². The Morgan fingerprint density at radius 1 is 1.06 bits per heavy atom. The number of rotatable bonds is 7. The number of ether oxygens (including phenoxy) is 1. The van der Waals surface area contributed by atoms with Crippen molar-refractivity contribution in [1.82, 2.24) is 30.0 Å². The number of hydrogen-bond acceptors (Lipinski definition) is 10. The number of hydrogen-bond donors (Lipinski definition) is 2. The van der Waals surface area contributed by atoms with Crippen LogP contribution in [0.4, 0.5) is 17.6 Å². The van der Waals surface area contributed by atoms with E-state index in [-0.39, 0.29) is 41.4 Å². The number of aromatic nitrogens is 5. The number of nitrogen functional groups attached to an aromatic ring is 1. The van der Waals surface area contributed by atoms with Gasteiger partial charge in [0.1, 0.15) is 0 Å². The molecule has 11 heteroatoms. The maximum Gasteiger partial charge on any atom is 0.316 e. The van der Waals surface area contributed by atoms with Crippen LogP contribution in [0.5, 0.6) is 0 Å². The molecular weight excluding hydrogens is 412 g/mol. The standard InChI is InChI=1S/C21H24N8O3/c22-20-25-16(26-21(27-20)23-14-4-2-1-3-5-14)17-24-18(32-28-17)19(30)29-10-8-15(9-11-29)31-12-13-6-7-13/h1-5,13,15H,6-12H2,(H3,22,23,25,26,27). The fraction of sp³-hybridized carbons (Fsp3) is 0.429. The van der Waals surface area contributed by atoms with Gasteiger partial charge in [0.15, 0.2) is 0 Å². The molecule has 5 rings (SSSR count). The minimum absolute atomic E-state index is 0.000576. The van der Waals surface area contributed by atoms with Crippen molar-refractivity contribution in [3.05, 3.63) is 36.2 Å². The predicted molar refractivity (Wildman–Crippen MR) is 115 cm³/mol. The van der Waals surface area contributed by atoms with Gasteiger partial charge in [-0.3, -0.25) is 4.79 Å². The van der Waals surface area contributed by atoms with Gasteiger partial charge in [-0.15, -0.1) is 0 Å². The zero-order chi connectivity index (χ0) is 21.9. The van der Waals surface area contributed by atoms with Crippen molar-refractivity contribution in [2.45, 2.75) is 31.8 Å². The summed E-state index contributed by atoms with van der Waals surface area (Å²) in [6.45, 7) is 2.02. The largest absolute Gasteiger partial charge is 0.378 e. The minimum atomic E-state index is -0.311. The van der Waals surface area contributed by atoms with Crippen molar-refractivity contribution in [1.29, 1.82) is 0 Å². The Hall–Kier alpha value is -3.60. The second-order valence-corrected chi connectivity index (χ2v) is 8.02. The van der Waals surface area contributed by atoms with Gasteiger partial charge in [-0.2, -0.15) is 19.9 Å². The fourth-order valence-corrected chi connectivity index (χ4v) is 3.52. The van der Waals surface area contributed by atoms with Gasteiger partial charge in [-0.1, -0.05) is 23.4 Å². The monoisotopic (exact) mass is 436 g/mol. The van der Waals surface area contributed by atoms with E-state index in [1.165, 1.54) is 12.8 Å². The number of nitrogens with zero attached hydrogens (tertiary/aromatic N) is 6. The number of anilines is 3. The van der Waals surface area contributed by atoms with Crippen molar-refractivity contribution in [3.63, 3.8) is 0 Å². The SMILES string of the molecule is Nc1nc(Nc2ccccc2)nc(-c2noc(C(=O)N3CCC(OCC4CC4)CC3)n2)n1. The molecule has 2 fully saturated rings. The second-order valence-electron chi connectivity index (χ2n) is 8.02. The maximum atomic E-state index is 12.8. The number of likely N-dealkylation sites (tertiary alicyclic amines) is 1. The van der Waals surface area contributed by atoms with Crippen molar-refractivity contribution in [3.8, 4) is 11.6 Å². The molecule has 1 aliphatic heterocycles. The van der Waals surface area contributed by atoms with Crippen LogP contribution >= 0.6 is 0 Å². The van der Waals surface area contributed by atoms with E-state index < -0.39 is 0 Å². The van der Waals surface area contributed by atoms with E-state index in [9.17, 15) is 4.79 Å². The van der Waals surface area contributed by atoms with Crippen LogP contribution < -0.4 is 11.1 Å². The summed E-state index contributed by atoms with van der Waals surface area (Å²) in [6.07, 6.45) is 4.36. The highest BCUT2D eigenvalue weighted by atomic mass is 16.5. The molecule has 1 saturated carbocycles. The molecule has 1 aromatic carbocycles. The summed E-state index contributed by atoms with van der Waals surface area (Å²) in [4.78, 5) is 31.1. The number of benzene rings is 1.